The van der Waals surface area contributed by atoms with Gasteiger partial charge in [0.2, 0.25) is 4.96 Å². The quantitative estimate of drug-likeness (QED) is 0.685. The first-order chi connectivity index (χ1) is 9.54. The third kappa shape index (κ3) is 2.08. The van der Waals surface area contributed by atoms with Crippen molar-refractivity contribution in [1.29, 1.82) is 0 Å². The van der Waals surface area contributed by atoms with Crippen LogP contribution in [0.4, 0.5) is 0 Å². The van der Waals surface area contributed by atoms with E-state index in [0.29, 0.717) is 4.53 Å². The number of thiazole rings is 1. The van der Waals surface area contributed by atoms with Crippen LogP contribution in [-0.4, -0.2) is 19.7 Å². The highest BCUT2D eigenvalue weighted by molar-refractivity contribution is 7.15. The molecule has 1 aromatic carbocycles. The molecule has 0 aliphatic rings. The average molecular weight is 287 g/mol. The van der Waals surface area contributed by atoms with Gasteiger partial charge >= 0.3 is 0 Å². The summed E-state index contributed by atoms with van der Waals surface area (Å²) in [5, 5.41) is 13.2. The summed E-state index contributed by atoms with van der Waals surface area (Å²) in [4.78, 5) is 27.7. The van der Waals surface area contributed by atoms with Crippen LogP contribution in [0.5, 0.6) is 5.75 Å². The van der Waals surface area contributed by atoms with Crippen molar-refractivity contribution in [3.05, 3.63) is 60.8 Å². The van der Waals surface area contributed by atoms with Crippen LogP contribution >= 0.6 is 11.3 Å². The predicted molar refractivity (Wildman–Crippen MR) is 75.0 cm³/mol. The molecule has 0 saturated carbocycles. The number of hydrogen-bond donors (Lipinski definition) is 1. The number of phenolic OH excluding ortho intramolecular Hbond substituents is 1. The van der Waals surface area contributed by atoms with Gasteiger partial charge in [-0.3, -0.25) is 9.59 Å². The Hall–Kier alpha value is -2.54. The first-order valence-corrected chi connectivity index (χ1v) is 6.57. The van der Waals surface area contributed by atoms with E-state index in [2.05, 4.69) is 10.1 Å². The lowest BCUT2D eigenvalue weighted by atomic mass is 10.2. The van der Waals surface area contributed by atoms with Crippen molar-refractivity contribution in [2.45, 2.75) is 6.92 Å². The summed E-state index contributed by atoms with van der Waals surface area (Å²) in [5.74, 6) is 0.158. The summed E-state index contributed by atoms with van der Waals surface area (Å²) in [7, 11) is 0. The van der Waals surface area contributed by atoms with E-state index in [1.807, 2.05) is 0 Å². The summed E-state index contributed by atoms with van der Waals surface area (Å²) < 4.78 is 1.56. The van der Waals surface area contributed by atoms with Gasteiger partial charge in [0, 0.05) is 0 Å². The molecule has 2 heterocycles. The fourth-order valence-corrected chi connectivity index (χ4v) is 2.61. The van der Waals surface area contributed by atoms with E-state index < -0.39 is 5.56 Å². The fraction of sp³-hybridized carbons (Fsp3) is 0.0769. The smallest absolute Gasteiger partial charge is 0.295 e. The van der Waals surface area contributed by atoms with Crippen LogP contribution in [0.25, 0.3) is 11.0 Å². The lowest BCUT2D eigenvalue weighted by molar-refractivity contribution is 0.475. The van der Waals surface area contributed by atoms with Gasteiger partial charge in [0.15, 0.2) is 0 Å². The third-order valence-corrected chi connectivity index (χ3v) is 3.69. The van der Waals surface area contributed by atoms with Crippen LogP contribution in [-0.2, 0) is 0 Å². The minimum atomic E-state index is -0.428. The van der Waals surface area contributed by atoms with E-state index in [4.69, 9.17) is 0 Å². The fourth-order valence-electron chi connectivity index (χ4n) is 1.71. The van der Waals surface area contributed by atoms with Crippen molar-refractivity contribution in [3.63, 3.8) is 0 Å². The van der Waals surface area contributed by atoms with Crippen molar-refractivity contribution < 1.29 is 5.11 Å². The van der Waals surface area contributed by atoms with Crippen molar-refractivity contribution in [2.24, 2.45) is 0 Å². The number of aromatic nitrogens is 3. The molecule has 7 heteroatoms. The second-order valence-electron chi connectivity index (χ2n) is 4.20. The summed E-state index contributed by atoms with van der Waals surface area (Å²) in [6.07, 6.45) is 1.67. The van der Waals surface area contributed by atoms with E-state index in [1.54, 1.807) is 18.2 Å². The van der Waals surface area contributed by atoms with Crippen LogP contribution in [0.2, 0.25) is 0 Å². The normalized spacial score (nSPS) is 12.2. The Bertz CT molecular complexity index is 957. The lowest BCUT2D eigenvalue weighted by Gasteiger charge is -1.91. The molecule has 1 N–H and O–H groups in total. The zero-order chi connectivity index (χ0) is 14.3. The molecule has 6 nitrogen and oxygen atoms in total. The van der Waals surface area contributed by atoms with E-state index in [0.717, 1.165) is 21.4 Å². The number of aryl methyl sites for hydroxylation is 1. The van der Waals surface area contributed by atoms with Gasteiger partial charge in [-0.1, -0.05) is 23.5 Å². The summed E-state index contributed by atoms with van der Waals surface area (Å²) in [6.45, 7) is 1.52. The van der Waals surface area contributed by atoms with Gasteiger partial charge in [0.25, 0.3) is 11.1 Å². The topological polar surface area (TPSA) is 84.6 Å². The molecule has 0 bridgehead atoms. The van der Waals surface area contributed by atoms with Gasteiger partial charge < -0.3 is 5.11 Å². The minimum Gasteiger partial charge on any atom is -0.508 e. The largest absolute Gasteiger partial charge is 0.508 e. The van der Waals surface area contributed by atoms with Crippen molar-refractivity contribution >= 4 is 22.4 Å². The molecule has 100 valence electrons. The Balaban J connectivity index is 2.27. The molecule has 0 atom stereocenters. The SMILES string of the molecule is Cc1nn2c(=O)/c(=C/c3ccc(O)cc3)sc2nc1=O. The first-order valence-electron chi connectivity index (χ1n) is 5.76. The Morgan fingerprint density at radius 2 is 1.95 bits per heavy atom. The van der Waals surface area contributed by atoms with Gasteiger partial charge in [-0.05, 0) is 30.7 Å². The number of hydrogen-bond acceptors (Lipinski definition) is 6. The molecule has 0 aliphatic carbocycles. The average Bonchev–Trinajstić information content (AvgIpc) is 2.70. The molecule has 20 heavy (non-hydrogen) atoms. The maximum atomic E-state index is 12.2. The standard InChI is InChI=1S/C13H9N3O3S/c1-7-11(18)14-13-16(15-7)12(19)10(20-13)6-8-2-4-9(17)5-3-8/h2-6,17H,1H3/b10-6-. The van der Waals surface area contributed by atoms with Crippen molar-refractivity contribution in [2.75, 3.05) is 0 Å². The zero-order valence-corrected chi connectivity index (χ0v) is 11.2. The molecule has 2 aromatic heterocycles. The second kappa shape index (κ2) is 4.53. The molecule has 0 radical (unpaired) electrons. The molecule has 0 unspecified atom stereocenters. The molecule has 0 aliphatic heterocycles. The molecule has 3 rings (SSSR count). The van der Waals surface area contributed by atoms with Crippen LogP contribution in [0.15, 0.2) is 33.9 Å². The van der Waals surface area contributed by atoms with Gasteiger partial charge in [-0.25, -0.2) is 0 Å². The third-order valence-electron chi connectivity index (χ3n) is 2.73. The lowest BCUT2D eigenvalue weighted by Crippen LogP contribution is -2.27. The highest BCUT2D eigenvalue weighted by Gasteiger charge is 2.07. The predicted octanol–water partition coefficient (Wildman–Crippen LogP) is 0.0729. The number of aromatic hydroxyl groups is 1. The van der Waals surface area contributed by atoms with E-state index >= 15 is 0 Å². The van der Waals surface area contributed by atoms with E-state index in [1.165, 1.54) is 19.1 Å². The number of benzene rings is 1. The molecular weight excluding hydrogens is 278 g/mol. The second-order valence-corrected chi connectivity index (χ2v) is 5.21. The highest BCUT2D eigenvalue weighted by Crippen LogP contribution is 2.10. The monoisotopic (exact) mass is 287 g/mol. The number of fused-ring (bicyclic) bond motifs is 1. The number of phenols is 1. The van der Waals surface area contributed by atoms with E-state index in [-0.39, 0.29) is 22.0 Å². The van der Waals surface area contributed by atoms with Crippen molar-refractivity contribution in [1.82, 2.24) is 14.6 Å². The van der Waals surface area contributed by atoms with E-state index in [9.17, 15) is 14.7 Å². The van der Waals surface area contributed by atoms with Crippen LogP contribution < -0.4 is 15.7 Å². The van der Waals surface area contributed by atoms with Gasteiger partial charge in [-0.2, -0.15) is 14.6 Å². The first kappa shape index (κ1) is 12.5. The van der Waals surface area contributed by atoms with Gasteiger partial charge in [0.1, 0.15) is 11.4 Å². The molecule has 0 fully saturated rings. The van der Waals surface area contributed by atoms with Crippen LogP contribution in [0.3, 0.4) is 0 Å². The molecule has 0 amide bonds. The molecular formula is C13H9N3O3S. The number of rotatable bonds is 1. The highest BCUT2D eigenvalue weighted by atomic mass is 32.1. The minimum absolute atomic E-state index is 0.158. The Morgan fingerprint density at radius 3 is 2.65 bits per heavy atom. The Morgan fingerprint density at radius 1 is 1.25 bits per heavy atom. The summed E-state index contributed by atoms with van der Waals surface area (Å²) in [5.41, 5.74) is 0.218. The molecule has 0 saturated heterocycles. The Labute approximate surface area is 116 Å². The summed E-state index contributed by atoms with van der Waals surface area (Å²) in [6, 6.07) is 6.45. The Kier molecular flexibility index (Phi) is 2.83. The van der Waals surface area contributed by atoms with Gasteiger partial charge in [0.05, 0.1) is 4.53 Å². The zero-order valence-electron chi connectivity index (χ0n) is 10.4. The maximum Gasteiger partial charge on any atom is 0.295 e. The molecule has 0 spiro atoms. The molecule has 3 aromatic rings. The van der Waals surface area contributed by atoms with Crippen LogP contribution in [0, 0.1) is 6.92 Å². The summed E-state index contributed by atoms with van der Waals surface area (Å²) >= 11 is 1.10. The van der Waals surface area contributed by atoms with Crippen molar-refractivity contribution in [3.8, 4) is 5.75 Å². The number of nitrogens with zero attached hydrogens (tertiary/aromatic N) is 3. The van der Waals surface area contributed by atoms with Crippen LogP contribution in [0.1, 0.15) is 11.3 Å². The van der Waals surface area contributed by atoms with Gasteiger partial charge in [-0.15, -0.1) is 0 Å². The maximum absolute atomic E-state index is 12.2.